The zero-order valence-corrected chi connectivity index (χ0v) is 17.9. The first-order valence-corrected chi connectivity index (χ1v) is 11.2. The van der Waals surface area contributed by atoms with Crippen LogP contribution in [0.25, 0.3) is 15.7 Å². The molecule has 160 valence electrons. The van der Waals surface area contributed by atoms with Gasteiger partial charge in [-0.15, -0.1) is 11.3 Å². The average Bonchev–Trinajstić information content (AvgIpc) is 3.38. The van der Waals surface area contributed by atoms with Gasteiger partial charge < -0.3 is 9.80 Å². The van der Waals surface area contributed by atoms with E-state index in [1.807, 2.05) is 33.7 Å². The van der Waals surface area contributed by atoms with E-state index in [1.165, 1.54) is 10.7 Å². The number of para-hydroxylation sites is 1. The molecule has 1 saturated heterocycles. The van der Waals surface area contributed by atoms with Crippen LogP contribution in [0.1, 0.15) is 12.7 Å². The van der Waals surface area contributed by atoms with Gasteiger partial charge in [0.25, 0.3) is 5.56 Å². The van der Waals surface area contributed by atoms with Crippen molar-refractivity contribution >= 4 is 38.7 Å². The van der Waals surface area contributed by atoms with E-state index in [0.29, 0.717) is 43.8 Å². The molecule has 1 aromatic carbocycles. The number of carbonyl (C=O) groups excluding carboxylic acids is 1. The minimum Gasteiger partial charge on any atom is -0.366 e. The second-order valence-corrected chi connectivity index (χ2v) is 8.49. The summed E-state index contributed by atoms with van der Waals surface area (Å²) in [6.07, 6.45) is 0.647. The van der Waals surface area contributed by atoms with Crippen LogP contribution in [-0.4, -0.2) is 51.2 Å². The number of halogens is 1. The third kappa shape index (κ3) is 3.38. The van der Waals surface area contributed by atoms with E-state index in [4.69, 9.17) is 0 Å². The van der Waals surface area contributed by atoms with Crippen LogP contribution in [0.15, 0.2) is 46.6 Å². The first-order valence-electron chi connectivity index (χ1n) is 10.3. The van der Waals surface area contributed by atoms with Gasteiger partial charge in [-0.2, -0.15) is 5.10 Å². The Kier molecular flexibility index (Phi) is 4.97. The fourth-order valence-electron chi connectivity index (χ4n) is 4.17. The van der Waals surface area contributed by atoms with Crippen molar-refractivity contribution in [1.29, 1.82) is 0 Å². The molecule has 1 aliphatic rings. The molecular formula is C22H22FN5O2S. The maximum absolute atomic E-state index is 14.0. The van der Waals surface area contributed by atoms with Crippen molar-refractivity contribution in [2.24, 2.45) is 0 Å². The van der Waals surface area contributed by atoms with Crippen molar-refractivity contribution in [1.82, 2.24) is 19.1 Å². The van der Waals surface area contributed by atoms with Crippen LogP contribution in [0.3, 0.4) is 0 Å². The molecule has 0 radical (unpaired) electrons. The highest BCUT2D eigenvalue weighted by Crippen LogP contribution is 2.25. The molecule has 7 nitrogen and oxygen atoms in total. The van der Waals surface area contributed by atoms with Crippen molar-refractivity contribution in [3.63, 3.8) is 0 Å². The second kappa shape index (κ2) is 7.81. The van der Waals surface area contributed by atoms with Gasteiger partial charge in [0.2, 0.25) is 5.91 Å². The lowest BCUT2D eigenvalue weighted by Gasteiger charge is -2.36. The van der Waals surface area contributed by atoms with Crippen molar-refractivity contribution in [3.8, 4) is 0 Å². The summed E-state index contributed by atoms with van der Waals surface area (Å²) in [7, 11) is 0. The van der Waals surface area contributed by atoms with Crippen LogP contribution in [0.4, 0.5) is 10.1 Å². The molecule has 3 aromatic heterocycles. The summed E-state index contributed by atoms with van der Waals surface area (Å²) in [5.74, 6) is 0.345. The van der Waals surface area contributed by atoms with Gasteiger partial charge in [0, 0.05) is 38.0 Å². The van der Waals surface area contributed by atoms with Crippen LogP contribution < -0.4 is 10.5 Å². The molecule has 1 fully saturated rings. The van der Waals surface area contributed by atoms with Crippen LogP contribution in [0, 0.1) is 5.82 Å². The number of carbonyl (C=O) groups is 1. The summed E-state index contributed by atoms with van der Waals surface area (Å²) >= 11 is 1.57. The van der Waals surface area contributed by atoms with Gasteiger partial charge in [-0.3, -0.25) is 14.0 Å². The zero-order valence-electron chi connectivity index (χ0n) is 17.1. The Labute approximate surface area is 181 Å². The van der Waals surface area contributed by atoms with Gasteiger partial charge in [-0.1, -0.05) is 19.1 Å². The number of nitrogens with zero attached hydrogens (tertiary/aromatic N) is 5. The SMILES string of the molecule is CCc1nn(CC(=O)N2CCN(c3ccccc3F)CC2)c(=O)c2cc3ccsc3n12. The van der Waals surface area contributed by atoms with Crippen LogP contribution >= 0.6 is 11.3 Å². The first-order chi connectivity index (χ1) is 15.1. The molecule has 0 bridgehead atoms. The molecule has 0 saturated carbocycles. The molecule has 0 N–H and O–H groups in total. The second-order valence-electron chi connectivity index (χ2n) is 7.60. The number of hydrogen-bond donors (Lipinski definition) is 0. The number of amides is 1. The minimum atomic E-state index is -0.265. The summed E-state index contributed by atoms with van der Waals surface area (Å²) in [6.45, 7) is 3.93. The third-order valence-corrected chi connectivity index (χ3v) is 6.70. The Morgan fingerprint density at radius 3 is 2.68 bits per heavy atom. The van der Waals surface area contributed by atoms with E-state index in [-0.39, 0.29) is 23.8 Å². The molecule has 9 heteroatoms. The number of thiophene rings is 1. The number of aryl methyl sites for hydroxylation is 1. The first kappa shape index (κ1) is 19.7. The standard InChI is InChI=1S/C22H22FN5O2S/c1-2-19-24-27(21(30)18-13-15-7-12-31-22(15)28(18)19)14-20(29)26-10-8-25(9-11-26)17-6-4-3-5-16(17)23/h3-7,12-13H,2,8-11,14H2,1H3. The maximum atomic E-state index is 14.0. The molecule has 0 atom stereocenters. The lowest BCUT2D eigenvalue weighted by molar-refractivity contribution is -0.132. The highest BCUT2D eigenvalue weighted by molar-refractivity contribution is 7.16. The molecule has 0 aliphatic carbocycles. The van der Waals surface area contributed by atoms with Crippen molar-refractivity contribution in [2.45, 2.75) is 19.9 Å². The van der Waals surface area contributed by atoms with Crippen molar-refractivity contribution < 1.29 is 9.18 Å². The number of piperazine rings is 1. The van der Waals surface area contributed by atoms with Gasteiger partial charge in [-0.25, -0.2) is 9.07 Å². The molecule has 31 heavy (non-hydrogen) atoms. The van der Waals surface area contributed by atoms with Crippen molar-refractivity contribution in [2.75, 3.05) is 31.1 Å². The largest absolute Gasteiger partial charge is 0.366 e. The van der Waals surface area contributed by atoms with E-state index < -0.39 is 0 Å². The van der Waals surface area contributed by atoms with Crippen LogP contribution in [0.2, 0.25) is 0 Å². The summed E-state index contributed by atoms with van der Waals surface area (Å²) in [5.41, 5.74) is 0.837. The number of benzene rings is 1. The van der Waals surface area contributed by atoms with Gasteiger partial charge in [0.15, 0.2) is 0 Å². The average molecular weight is 440 g/mol. The molecule has 4 heterocycles. The smallest absolute Gasteiger partial charge is 0.291 e. The topological polar surface area (TPSA) is 62.9 Å². The molecule has 0 unspecified atom stereocenters. The van der Waals surface area contributed by atoms with Gasteiger partial charge in [0.05, 0.1) is 5.69 Å². The predicted molar refractivity (Wildman–Crippen MR) is 119 cm³/mol. The van der Waals surface area contributed by atoms with E-state index in [0.717, 1.165) is 16.0 Å². The number of aromatic nitrogens is 3. The van der Waals surface area contributed by atoms with Crippen LogP contribution in [-0.2, 0) is 17.8 Å². The minimum absolute atomic E-state index is 0.0964. The molecular weight excluding hydrogens is 417 g/mol. The Hall–Kier alpha value is -3.20. The molecule has 5 rings (SSSR count). The number of hydrogen-bond acceptors (Lipinski definition) is 5. The molecule has 1 aliphatic heterocycles. The van der Waals surface area contributed by atoms with Crippen molar-refractivity contribution in [3.05, 3.63) is 63.8 Å². The highest BCUT2D eigenvalue weighted by atomic mass is 32.1. The van der Waals surface area contributed by atoms with E-state index >= 15 is 0 Å². The fraction of sp³-hybridized carbons (Fsp3) is 0.318. The maximum Gasteiger partial charge on any atom is 0.291 e. The molecule has 0 spiro atoms. The lowest BCUT2D eigenvalue weighted by atomic mass is 10.2. The molecule has 1 amide bonds. The number of anilines is 1. The van der Waals surface area contributed by atoms with E-state index in [9.17, 15) is 14.0 Å². The summed E-state index contributed by atoms with van der Waals surface area (Å²) in [5, 5.41) is 7.50. The Morgan fingerprint density at radius 1 is 1.16 bits per heavy atom. The Bertz CT molecular complexity index is 1330. The summed E-state index contributed by atoms with van der Waals surface area (Å²) < 4.78 is 17.2. The summed E-state index contributed by atoms with van der Waals surface area (Å²) in [6, 6.07) is 10.5. The van der Waals surface area contributed by atoms with Gasteiger partial charge >= 0.3 is 0 Å². The Morgan fingerprint density at radius 2 is 1.94 bits per heavy atom. The Balaban J connectivity index is 1.36. The van der Waals surface area contributed by atoms with E-state index in [1.54, 1.807) is 34.4 Å². The monoisotopic (exact) mass is 439 g/mol. The normalized spacial score (nSPS) is 14.6. The van der Waals surface area contributed by atoms with E-state index in [2.05, 4.69) is 5.10 Å². The predicted octanol–water partition coefficient (Wildman–Crippen LogP) is 2.76. The van der Waals surface area contributed by atoms with Crippen LogP contribution in [0.5, 0.6) is 0 Å². The zero-order chi connectivity index (χ0) is 21.5. The van der Waals surface area contributed by atoms with Gasteiger partial charge in [0.1, 0.15) is 28.5 Å². The highest BCUT2D eigenvalue weighted by Gasteiger charge is 2.24. The quantitative estimate of drug-likeness (QED) is 0.491. The van der Waals surface area contributed by atoms with Gasteiger partial charge in [-0.05, 0) is 29.6 Å². The summed E-state index contributed by atoms with van der Waals surface area (Å²) in [4.78, 5) is 30.6. The fourth-order valence-corrected chi connectivity index (χ4v) is 5.08. The number of fused-ring (bicyclic) bond motifs is 3. The lowest BCUT2D eigenvalue weighted by Crippen LogP contribution is -2.50. The third-order valence-electron chi connectivity index (χ3n) is 5.79. The number of rotatable bonds is 4. The molecule has 4 aromatic rings.